The van der Waals surface area contributed by atoms with Crippen LogP contribution in [0.25, 0.3) is 11.0 Å². The van der Waals surface area contributed by atoms with Crippen molar-refractivity contribution in [2.45, 2.75) is 19.9 Å². The van der Waals surface area contributed by atoms with Gasteiger partial charge in [0.25, 0.3) is 5.91 Å². The van der Waals surface area contributed by atoms with Crippen LogP contribution in [0.1, 0.15) is 34.6 Å². The van der Waals surface area contributed by atoms with Crippen molar-refractivity contribution in [2.24, 2.45) is 0 Å². The first-order chi connectivity index (χ1) is 11.1. The van der Waals surface area contributed by atoms with Crippen molar-refractivity contribution in [1.82, 2.24) is 5.32 Å². The van der Waals surface area contributed by atoms with Crippen molar-refractivity contribution >= 4 is 16.9 Å². The van der Waals surface area contributed by atoms with Gasteiger partial charge >= 0.3 is 0 Å². The van der Waals surface area contributed by atoms with Crippen molar-refractivity contribution in [1.29, 1.82) is 0 Å². The molecular formula is C19H19NO3. The second-order valence-electron chi connectivity index (χ2n) is 5.50. The van der Waals surface area contributed by atoms with Crippen molar-refractivity contribution < 1.29 is 13.9 Å². The fourth-order valence-electron chi connectivity index (χ4n) is 2.70. The third-order valence-electron chi connectivity index (χ3n) is 3.95. The Balaban J connectivity index is 1.93. The van der Waals surface area contributed by atoms with Crippen LogP contribution < -0.4 is 10.1 Å². The van der Waals surface area contributed by atoms with Crippen molar-refractivity contribution in [2.75, 3.05) is 7.11 Å². The van der Waals surface area contributed by atoms with E-state index in [0.717, 1.165) is 10.9 Å². The first-order valence-corrected chi connectivity index (χ1v) is 7.53. The van der Waals surface area contributed by atoms with Crippen LogP contribution >= 0.6 is 0 Å². The van der Waals surface area contributed by atoms with E-state index < -0.39 is 0 Å². The number of carbonyl (C=O) groups excluding carboxylic acids is 1. The number of ether oxygens (including phenoxy) is 1. The lowest BCUT2D eigenvalue weighted by atomic mass is 10.1. The van der Waals surface area contributed by atoms with E-state index in [0.29, 0.717) is 22.7 Å². The number of aryl methyl sites for hydroxylation is 1. The summed E-state index contributed by atoms with van der Waals surface area (Å²) in [5.74, 6) is 1.15. The minimum atomic E-state index is -0.147. The highest BCUT2D eigenvalue weighted by molar-refractivity contribution is 6.07. The Labute approximate surface area is 135 Å². The van der Waals surface area contributed by atoms with Gasteiger partial charge in [-0.3, -0.25) is 4.79 Å². The lowest BCUT2D eigenvalue weighted by molar-refractivity contribution is 0.0940. The maximum absolute atomic E-state index is 12.7. The molecule has 1 amide bonds. The summed E-state index contributed by atoms with van der Waals surface area (Å²) in [6.45, 7) is 3.76. The molecular weight excluding hydrogens is 290 g/mol. The monoisotopic (exact) mass is 309 g/mol. The minimum absolute atomic E-state index is 0.0846. The number of hydrogen-bond acceptors (Lipinski definition) is 3. The van der Waals surface area contributed by atoms with Gasteiger partial charge in [-0.15, -0.1) is 0 Å². The highest BCUT2D eigenvalue weighted by atomic mass is 16.5. The molecule has 1 heterocycles. The summed E-state index contributed by atoms with van der Waals surface area (Å²) in [6, 6.07) is 15.2. The fourth-order valence-corrected chi connectivity index (χ4v) is 2.70. The molecule has 0 aliphatic rings. The van der Waals surface area contributed by atoms with Gasteiger partial charge in [0.2, 0.25) is 0 Å². The molecule has 2 aromatic carbocycles. The van der Waals surface area contributed by atoms with E-state index in [1.807, 2.05) is 55.5 Å². The average molecular weight is 309 g/mol. The highest BCUT2D eigenvalue weighted by Gasteiger charge is 2.20. The first-order valence-electron chi connectivity index (χ1n) is 7.53. The largest absolute Gasteiger partial charge is 0.497 e. The second kappa shape index (κ2) is 6.16. The Bertz CT molecular complexity index is 836. The summed E-state index contributed by atoms with van der Waals surface area (Å²) in [7, 11) is 1.60. The molecule has 1 N–H and O–H groups in total. The zero-order valence-corrected chi connectivity index (χ0v) is 13.4. The first kappa shape index (κ1) is 15.2. The Morgan fingerprint density at radius 1 is 1.17 bits per heavy atom. The van der Waals surface area contributed by atoms with Crippen molar-refractivity contribution in [3.8, 4) is 5.75 Å². The maximum atomic E-state index is 12.7. The predicted molar refractivity (Wildman–Crippen MR) is 89.8 cm³/mol. The predicted octanol–water partition coefficient (Wildman–Crippen LogP) is 4.24. The number of amides is 1. The number of carbonyl (C=O) groups is 1. The third-order valence-corrected chi connectivity index (χ3v) is 3.95. The molecule has 4 nitrogen and oxygen atoms in total. The van der Waals surface area contributed by atoms with E-state index in [-0.39, 0.29) is 11.9 Å². The molecule has 1 aromatic heterocycles. The molecule has 23 heavy (non-hydrogen) atoms. The van der Waals surface area contributed by atoms with Gasteiger partial charge in [-0.1, -0.05) is 30.3 Å². The fraction of sp³-hybridized carbons (Fsp3) is 0.211. The number of nitrogens with one attached hydrogen (secondary N) is 1. The molecule has 0 unspecified atom stereocenters. The lowest BCUT2D eigenvalue weighted by Crippen LogP contribution is -2.26. The van der Waals surface area contributed by atoms with Crippen LogP contribution in [0, 0.1) is 6.92 Å². The van der Waals surface area contributed by atoms with E-state index in [2.05, 4.69) is 5.32 Å². The van der Waals surface area contributed by atoms with Crippen LogP contribution in [0.4, 0.5) is 0 Å². The molecule has 3 aromatic rings. The Morgan fingerprint density at radius 3 is 2.61 bits per heavy atom. The lowest BCUT2D eigenvalue weighted by Gasteiger charge is -2.14. The molecule has 0 saturated heterocycles. The summed E-state index contributed by atoms with van der Waals surface area (Å²) >= 11 is 0. The number of hydrogen-bond donors (Lipinski definition) is 1. The maximum Gasteiger partial charge on any atom is 0.255 e. The normalized spacial score (nSPS) is 12.1. The van der Waals surface area contributed by atoms with Crippen LogP contribution in [0.2, 0.25) is 0 Å². The Hall–Kier alpha value is -2.75. The average Bonchev–Trinajstić information content (AvgIpc) is 2.90. The van der Waals surface area contributed by atoms with E-state index >= 15 is 0 Å². The van der Waals surface area contributed by atoms with E-state index in [1.54, 1.807) is 14.0 Å². The number of furan rings is 1. The minimum Gasteiger partial charge on any atom is -0.497 e. The summed E-state index contributed by atoms with van der Waals surface area (Å²) < 4.78 is 10.9. The highest BCUT2D eigenvalue weighted by Crippen LogP contribution is 2.29. The van der Waals surface area contributed by atoms with Gasteiger partial charge in [-0.2, -0.15) is 0 Å². The third kappa shape index (κ3) is 2.93. The summed E-state index contributed by atoms with van der Waals surface area (Å²) in [4.78, 5) is 12.7. The topological polar surface area (TPSA) is 51.5 Å². The van der Waals surface area contributed by atoms with Crippen molar-refractivity contribution in [3.05, 3.63) is 65.4 Å². The van der Waals surface area contributed by atoms with E-state index in [4.69, 9.17) is 9.15 Å². The Kier molecular flexibility index (Phi) is 4.06. The molecule has 0 aliphatic carbocycles. The summed E-state index contributed by atoms with van der Waals surface area (Å²) in [6.07, 6.45) is 0. The number of rotatable bonds is 4. The number of benzene rings is 2. The number of methoxy groups -OCH3 is 1. The molecule has 0 radical (unpaired) electrons. The zero-order valence-electron chi connectivity index (χ0n) is 13.4. The smallest absolute Gasteiger partial charge is 0.255 e. The standard InChI is InChI=1S/C19H19NO3/c1-12(14-7-5-4-6-8-14)20-19(21)18-13(2)23-17-10-9-15(22-3)11-16(17)18/h4-12H,1-3H3,(H,20,21)/t12-/m0/s1. The van der Waals surface area contributed by atoms with Gasteiger partial charge in [0.05, 0.1) is 18.7 Å². The second-order valence-corrected chi connectivity index (χ2v) is 5.50. The molecule has 1 atom stereocenters. The summed E-state index contributed by atoms with van der Waals surface area (Å²) in [5.41, 5.74) is 2.30. The summed E-state index contributed by atoms with van der Waals surface area (Å²) in [5, 5.41) is 3.79. The van der Waals surface area contributed by atoms with Crippen LogP contribution in [-0.4, -0.2) is 13.0 Å². The SMILES string of the molecule is COc1ccc2oc(C)c(C(=O)N[C@@H](C)c3ccccc3)c2c1. The quantitative estimate of drug-likeness (QED) is 0.784. The van der Waals surface area contributed by atoms with Crippen LogP contribution in [0.15, 0.2) is 52.9 Å². The van der Waals surface area contributed by atoms with E-state index in [9.17, 15) is 4.79 Å². The van der Waals surface area contributed by atoms with Crippen LogP contribution in [0.5, 0.6) is 5.75 Å². The Morgan fingerprint density at radius 2 is 1.91 bits per heavy atom. The molecule has 0 bridgehead atoms. The molecule has 0 spiro atoms. The van der Waals surface area contributed by atoms with Gasteiger partial charge in [-0.05, 0) is 37.6 Å². The molecule has 0 fully saturated rings. The van der Waals surface area contributed by atoms with E-state index in [1.165, 1.54) is 0 Å². The van der Waals surface area contributed by atoms with Gasteiger partial charge < -0.3 is 14.5 Å². The molecule has 118 valence electrons. The van der Waals surface area contributed by atoms with Gasteiger partial charge in [0.1, 0.15) is 17.1 Å². The molecule has 3 rings (SSSR count). The van der Waals surface area contributed by atoms with Crippen LogP contribution in [-0.2, 0) is 0 Å². The van der Waals surface area contributed by atoms with Gasteiger partial charge in [-0.25, -0.2) is 0 Å². The number of fused-ring (bicyclic) bond motifs is 1. The van der Waals surface area contributed by atoms with Crippen molar-refractivity contribution in [3.63, 3.8) is 0 Å². The zero-order chi connectivity index (χ0) is 16.4. The molecule has 4 heteroatoms. The molecule has 0 saturated carbocycles. The van der Waals surface area contributed by atoms with Crippen LogP contribution in [0.3, 0.4) is 0 Å². The van der Waals surface area contributed by atoms with Gasteiger partial charge in [0, 0.05) is 5.39 Å². The molecule has 0 aliphatic heterocycles. The van der Waals surface area contributed by atoms with Gasteiger partial charge in [0.15, 0.2) is 0 Å².